The number of anilines is 1. The highest BCUT2D eigenvalue weighted by Gasteiger charge is 2.26. The van der Waals surface area contributed by atoms with Crippen LogP contribution in [0.3, 0.4) is 0 Å². The molecule has 1 N–H and O–H groups in total. The minimum absolute atomic E-state index is 0.00446. The van der Waals surface area contributed by atoms with Crippen LogP contribution in [0, 0.1) is 0 Å². The normalized spacial score (nSPS) is 20.3. The lowest BCUT2D eigenvalue weighted by Gasteiger charge is -2.35. The largest absolute Gasteiger partial charge is 0.372 e. The van der Waals surface area contributed by atoms with Crippen molar-refractivity contribution in [3.05, 3.63) is 71.1 Å². The molecular formula is C21H24N2O4S. The number of nitrogens with one attached hydrogen (secondary N) is 1. The van der Waals surface area contributed by atoms with Crippen LogP contribution in [0.2, 0.25) is 0 Å². The molecule has 6 nitrogen and oxygen atoms in total. The van der Waals surface area contributed by atoms with E-state index in [1.165, 1.54) is 6.08 Å². The first kappa shape index (κ1) is 20.1. The lowest BCUT2D eigenvalue weighted by Crippen LogP contribution is -2.48. The fraction of sp³-hybridized carbons (Fsp3) is 0.286. The molecule has 2 atom stereocenters. The summed E-state index contributed by atoms with van der Waals surface area (Å²) in [7, 11) is -3.64. The summed E-state index contributed by atoms with van der Waals surface area (Å²) in [5, 5.41) is 1.12. The van der Waals surface area contributed by atoms with Gasteiger partial charge in [-0.15, -0.1) is 0 Å². The van der Waals surface area contributed by atoms with Crippen LogP contribution in [0.15, 0.2) is 60.0 Å². The molecule has 0 aliphatic carbocycles. The number of ether oxygens (including phenoxy) is 1. The van der Waals surface area contributed by atoms with Gasteiger partial charge in [0.2, 0.25) is 0 Å². The number of amides is 1. The Morgan fingerprint density at radius 2 is 1.64 bits per heavy atom. The summed E-state index contributed by atoms with van der Waals surface area (Å²) in [6.45, 7) is 4.97. The SMILES string of the molecule is C[C@@H]1CN(C(=O)c2ccc(NS(=O)(=O)/C=C/c3ccccc3)cc2)C[C@@H](C)O1. The van der Waals surface area contributed by atoms with Gasteiger partial charge in [0, 0.05) is 24.3 Å². The molecule has 7 heteroatoms. The Labute approximate surface area is 165 Å². The third kappa shape index (κ3) is 5.43. The Kier molecular flexibility index (Phi) is 6.16. The smallest absolute Gasteiger partial charge is 0.255 e. The first-order valence-corrected chi connectivity index (χ1v) is 10.7. The zero-order chi connectivity index (χ0) is 20.1. The van der Waals surface area contributed by atoms with Crippen LogP contribution >= 0.6 is 0 Å². The summed E-state index contributed by atoms with van der Waals surface area (Å²) in [5.41, 5.74) is 1.71. The molecule has 0 spiro atoms. The summed E-state index contributed by atoms with van der Waals surface area (Å²) in [6.07, 6.45) is 1.52. The lowest BCUT2D eigenvalue weighted by atomic mass is 10.1. The standard InChI is InChI=1S/C21H24N2O4S/c1-16-14-23(15-17(2)27-16)21(24)19-8-10-20(11-9-19)22-28(25,26)13-12-18-6-4-3-5-7-18/h3-13,16-17,22H,14-15H2,1-2H3/b13-12+/t16-,17-/m1/s1. The minimum atomic E-state index is -3.64. The van der Waals surface area contributed by atoms with Crippen molar-refractivity contribution in [3.8, 4) is 0 Å². The van der Waals surface area contributed by atoms with E-state index in [9.17, 15) is 13.2 Å². The van der Waals surface area contributed by atoms with Crippen molar-refractivity contribution in [2.75, 3.05) is 17.8 Å². The highest BCUT2D eigenvalue weighted by molar-refractivity contribution is 7.95. The highest BCUT2D eigenvalue weighted by atomic mass is 32.2. The van der Waals surface area contributed by atoms with Gasteiger partial charge in [-0.3, -0.25) is 9.52 Å². The van der Waals surface area contributed by atoms with Crippen LogP contribution in [0.4, 0.5) is 5.69 Å². The summed E-state index contributed by atoms with van der Waals surface area (Å²) in [4.78, 5) is 14.4. The third-order valence-electron chi connectivity index (χ3n) is 4.34. The molecule has 3 rings (SSSR count). The van der Waals surface area contributed by atoms with E-state index < -0.39 is 10.0 Å². The van der Waals surface area contributed by atoms with Crippen molar-refractivity contribution in [2.24, 2.45) is 0 Å². The number of hydrogen-bond acceptors (Lipinski definition) is 4. The number of hydrogen-bond donors (Lipinski definition) is 1. The van der Waals surface area contributed by atoms with Crippen molar-refractivity contribution in [2.45, 2.75) is 26.1 Å². The van der Waals surface area contributed by atoms with Crippen molar-refractivity contribution in [3.63, 3.8) is 0 Å². The van der Waals surface area contributed by atoms with Crippen LogP contribution in [0.1, 0.15) is 29.8 Å². The van der Waals surface area contributed by atoms with E-state index in [1.54, 1.807) is 29.2 Å². The van der Waals surface area contributed by atoms with E-state index in [1.807, 2.05) is 44.2 Å². The molecule has 1 fully saturated rings. The predicted molar refractivity (Wildman–Crippen MR) is 110 cm³/mol. The molecule has 0 bridgehead atoms. The van der Waals surface area contributed by atoms with Gasteiger partial charge < -0.3 is 9.64 Å². The van der Waals surface area contributed by atoms with Crippen molar-refractivity contribution in [1.29, 1.82) is 0 Å². The van der Waals surface area contributed by atoms with Gasteiger partial charge in [-0.05, 0) is 49.8 Å². The zero-order valence-electron chi connectivity index (χ0n) is 15.9. The monoisotopic (exact) mass is 400 g/mol. The fourth-order valence-corrected chi connectivity index (χ4v) is 4.01. The summed E-state index contributed by atoms with van der Waals surface area (Å²) in [6, 6.07) is 15.6. The van der Waals surface area contributed by atoms with Gasteiger partial charge in [-0.1, -0.05) is 30.3 Å². The van der Waals surface area contributed by atoms with Gasteiger partial charge in [-0.25, -0.2) is 8.42 Å². The van der Waals surface area contributed by atoms with Gasteiger partial charge in [-0.2, -0.15) is 0 Å². The van der Waals surface area contributed by atoms with E-state index in [4.69, 9.17) is 4.74 Å². The Balaban J connectivity index is 1.65. The van der Waals surface area contributed by atoms with Gasteiger partial charge in [0.05, 0.1) is 17.6 Å². The van der Waals surface area contributed by atoms with E-state index in [0.717, 1.165) is 11.0 Å². The number of nitrogens with zero attached hydrogens (tertiary/aromatic N) is 1. The fourth-order valence-electron chi connectivity index (χ4n) is 3.14. The van der Waals surface area contributed by atoms with Crippen LogP contribution in [0.25, 0.3) is 6.08 Å². The number of rotatable bonds is 5. The van der Waals surface area contributed by atoms with Crippen molar-refractivity contribution in [1.82, 2.24) is 4.90 Å². The molecule has 0 unspecified atom stereocenters. The van der Waals surface area contributed by atoms with Crippen LogP contribution in [-0.2, 0) is 14.8 Å². The van der Waals surface area contributed by atoms with E-state index >= 15 is 0 Å². The molecule has 1 aliphatic rings. The maximum absolute atomic E-state index is 12.7. The van der Waals surface area contributed by atoms with Gasteiger partial charge in [0.1, 0.15) is 0 Å². The average molecular weight is 401 g/mol. The molecule has 1 aliphatic heterocycles. The number of sulfonamides is 1. The molecule has 2 aromatic carbocycles. The summed E-state index contributed by atoms with van der Waals surface area (Å²) >= 11 is 0. The van der Waals surface area contributed by atoms with E-state index in [-0.39, 0.29) is 18.1 Å². The van der Waals surface area contributed by atoms with Gasteiger partial charge >= 0.3 is 0 Å². The first-order valence-electron chi connectivity index (χ1n) is 9.13. The number of morpholine rings is 1. The van der Waals surface area contributed by atoms with E-state index in [2.05, 4.69) is 4.72 Å². The molecule has 148 valence electrons. The third-order valence-corrected chi connectivity index (χ3v) is 5.35. The van der Waals surface area contributed by atoms with Crippen LogP contribution < -0.4 is 4.72 Å². The molecule has 0 aromatic heterocycles. The Hall–Kier alpha value is -2.64. The maximum Gasteiger partial charge on any atom is 0.255 e. The Bertz CT molecular complexity index is 930. The van der Waals surface area contributed by atoms with E-state index in [0.29, 0.717) is 24.3 Å². The van der Waals surface area contributed by atoms with Gasteiger partial charge in [0.25, 0.3) is 15.9 Å². The second-order valence-electron chi connectivity index (χ2n) is 6.91. The molecule has 1 heterocycles. The predicted octanol–water partition coefficient (Wildman–Crippen LogP) is 3.35. The molecule has 0 saturated carbocycles. The Morgan fingerprint density at radius 1 is 1.04 bits per heavy atom. The zero-order valence-corrected chi connectivity index (χ0v) is 16.7. The molecule has 0 radical (unpaired) electrons. The molecule has 1 amide bonds. The highest BCUT2D eigenvalue weighted by Crippen LogP contribution is 2.17. The summed E-state index contributed by atoms with van der Waals surface area (Å²) < 4.78 is 32.6. The molecule has 1 saturated heterocycles. The molecule has 2 aromatic rings. The maximum atomic E-state index is 12.7. The lowest BCUT2D eigenvalue weighted by molar-refractivity contribution is -0.0586. The number of carbonyl (C=O) groups is 1. The molecule has 28 heavy (non-hydrogen) atoms. The quantitative estimate of drug-likeness (QED) is 0.835. The van der Waals surface area contributed by atoms with Crippen molar-refractivity contribution >= 4 is 27.7 Å². The topological polar surface area (TPSA) is 75.7 Å². The first-order chi connectivity index (χ1) is 13.3. The average Bonchev–Trinajstić information content (AvgIpc) is 2.66. The van der Waals surface area contributed by atoms with Crippen LogP contribution in [-0.4, -0.2) is 44.5 Å². The second kappa shape index (κ2) is 8.58. The van der Waals surface area contributed by atoms with Crippen molar-refractivity contribution < 1.29 is 17.9 Å². The van der Waals surface area contributed by atoms with Gasteiger partial charge in [0.15, 0.2) is 0 Å². The number of benzene rings is 2. The minimum Gasteiger partial charge on any atom is -0.372 e. The number of carbonyl (C=O) groups excluding carboxylic acids is 1. The molecular weight excluding hydrogens is 376 g/mol. The summed E-state index contributed by atoms with van der Waals surface area (Å²) in [5.74, 6) is -0.0830. The van der Waals surface area contributed by atoms with Crippen LogP contribution in [0.5, 0.6) is 0 Å². The Morgan fingerprint density at radius 3 is 2.25 bits per heavy atom. The second-order valence-corrected chi connectivity index (χ2v) is 8.47.